The van der Waals surface area contributed by atoms with Gasteiger partial charge in [-0.15, -0.1) is 0 Å². The van der Waals surface area contributed by atoms with E-state index < -0.39 is 11.6 Å². The summed E-state index contributed by atoms with van der Waals surface area (Å²) >= 11 is 0. The van der Waals surface area contributed by atoms with E-state index in [1.807, 2.05) is 0 Å². The van der Waals surface area contributed by atoms with Crippen molar-refractivity contribution in [2.75, 3.05) is 6.54 Å². The van der Waals surface area contributed by atoms with Gasteiger partial charge in [-0.1, -0.05) is 26.8 Å². The Kier molecular flexibility index (Phi) is 4.63. The van der Waals surface area contributed by atoms with Gasteiger partial charge in [0.1, 0.15) is 6.10 Å². The Morgan fingerprint density at radius 1 is 1.35 bits per heavy atom. The lowest BCUT2D eigenvalue weighted by molar-refractivity contribution is 0.134. The molecule has 2 nitrogen and oxygen atoms in total. The van der Waals surface area contributed by atoms with Crippen LogP contribution in [-0.2, 0) is 0 Å². The number of rotatable bonds is 5. The largest absolute Gasteiger partial charge is 0.486 e. The number of halogens is 2. The maximum atomic E-state index is 13.7. The third-order valence-electron chi connectivity index (χ3n) is 4.10. The Morgan fingerprint density at radius 2 is 2.10 bits per heavy atom. The van der Waals surface area contributed by atoms with Crippen molar-refractivity contribution < 1.29 is 13.5 Å². The Morgan fingerprint density at radius 3 is 2.80 bits per heavy atom. The third-order valence-corrected chi connectivity index (χ3v) is 4.10. The van der Waals surface area contributed by atoms with Crippen molar-refractivity contribution in [2.24, 2.45) is 5.41 Å². The molecule has 0 bridgehead atoms. The normalized spacial score (nSPS) is 24.9. The number of benzene rings is 1. The van der Waals surface area contributed by atoms with E-state index in [4.69, 9.17) is 4.74 Å². The van der Waals surface area contributed by atoms with Crippen LogP contribution in [0.15, 0.2) is 18.2 Å². The van der Waals surface area contributed by atoms with Crippen LogP contribution in [0.5, 0.6) is 5.75 Å². The van der Waals surface area contributed by atoms with Crippen LogP contribution in [0, 0.1) is 17.0 Å². The number of nitrogens with one attached hydrogen (secondary N) is 1. The molecule has 112 valence electrons. The first-order valence-corrected chi connectivity index (χ1v) is 7.29. The van der Waals surface area contributed by atoms with E-state index in [2.05, 4.69) is 26.1 Å². The molecule has 0 amide bonds. The van der Waals surface area contributed by atoms with Crippen LogP contribution >= 0.6 is 0 Å². The van der Waals surface area contributed by atoms with Gasteiger partial charge in [-0.3, -0.25) is 0 Å². The van der Waals surface area contributed by atoms with Crippen molar-refractivity contribution in [3.05, 3.63) is 29.8 Å². The van der Waals surface area contributed by atoms with Gasteiger partial charge in [-0.2, -0.15) is 4.39 Å². The van der Waals surface area contributed by atoms with Crippen molar-refractivity contribution in [1.29, 1.82) is 0 Å². The average Bonchev–Trinajstić information content (AvgIpc) is 2.68. The zero-order valence-corrected chi connectivity index (χ0v) is 12.4. The standard InChI is InChI=1S/C16H23F2NO/c1-4-10-19-15-13(8-9-16(15,2)3)20-12-7-5-6-11(17)14(12)18/h5-7,13,15,19H,4,8-10H2,1-3H3. The zero-order chi connectivity index (χ0) is 14.8. The number of ether oxygens (including phenoxy) is 1. The smallest absolute Gasteiger partial charge is 0.200 e. The second kappa shape index (κ2) is 6.08. The van der Waals surface area contributed by atoms with E-state index in [0.717, 1.165) is 31.9 Å². The molecule has 0 spiro atoms. The first-order valence-electron chi connectivity index (χ1n) is 7.29. The molecule has 0 aromatic heterocycles. The maximum absolute atomic E-state index is 13.7. The fourth-order valence-corrected chi connectivity index (χ4v) is 2.91. The first-order chi connectivity index (χ1) is 9.45. The quantitative estimate of drug-likeness (QED) is 0.885. The van der Waals surface area contributed by atoms with Gasteiger partial charge in [0.15, 0.2) is 11.6 Å². The second-order valence-corrected chi connectivity index (χ2v) is 6.17. The van der Waals surface area contributed by atoms with Crippen molar-refractivity contribution in [2.45, 2.75) is 52.2 Å². The number of hydrogen-bond donors (Lipinski definition) is 1. The monoisotopic (exact) mass is 283 g/mol. The molecule has 1 saturated carbocycles. The van der Waals surface area contributed by atoms with E-state index in [0.29, 0.717) is 0 Å². The van der Waals surface area contributed by atoms with Gasteiger partial charge in [-0.05, 0) is 43.4 Å². The van der Waals surface area contributed by atoms with Gasteiger partial charge in [0, 0.05) is 6.04 Å². The summed E-state index contributed by atoms with van der Waals surface area (Å²) in [5, 5.41) is 3.48. The molecule has 1 aliphatic carbocycles. The number of hydrogen-bond acceptors (Lipinski definition) is 2. The lowest BCUT2D eigenvalue weighted by Crippen LogP contribution is -2.47. The summed E-state index contributed by atoms with van der Waals surface area (Å²) in [4.78, 5) is 0. The van der Waals surface area contributed by atoms with Crippen LogP contribution in [-0.4, -0.2) is 18.7 Å². The fraction of sp³-hybridized carbons (Fsp3) is 0.625. The molecule has 1 aliphatic rings. The summed E-state index contributed by atoms with van der Waals surface area (Å²) in [6, 6.07) is 4.22. The van der Waals surface area contributed by atoms with Crippen molar-refractivity contribution >= 4 is 0 Å². The molecule has 1 aromatic rings. The average molecular weight is 283 g/mol. The van der Waals surface area contributed by atoms with Crippen molar-refractivity contribution in [3.8, 4) is 5.75 Å². The highest BCUT2D eigenvalue weighted by molar-refractivity contribution is 5.25. The van der Waals surface area contributed by atoms with Gasteiger partial charge in [0.05, 0.1) is 0 Å². The third kappa shape index (κ3) is 3.11. The van der Waals surface area contributed by atoms with Crippen LogP contribution in [0.4, 0.5) is 8.78 Å². The molecule has 0 heterocycles. The molecule has 1 N–H and O–H groups in total. The molecule has 2 rings (SSSR count). The van der Waals surface area contributed by atoms with E-state index >= 15 is 0 Å². The summed E-state index contributed by atoms with van der Waals surface area (Å²) in [6.45, 7) is 7.38. The van der Waals surface area contributed by atoms with Gasteiger partial charge >= 0.3 is 0 Å². The van der Waals surface area contributed by atoms with Crippen LogP contribution < -0.4 is 10.1 Å². The summed E-state index contributed by atoms with van der Waals surface area (Å²) in [5.41, 5.74) is 0.101. The lowest BCUT2D eigenvalue weighted by Gasteiger charge is -2.31. The predicted octanol–water partition coefficient (Wildman–Crippen LogP) is 3.90. The Labute approximate surface area is 119 Å². The summed E-state index contributed by atoms with van der Waals surface area (Å²) in [6.07, 6.45) is 2.78. The molecular weight excluding hydrogens is 260 g/mol. The Hall–Kier alpha value is -1.16. The zero-order valence-electron chi connectivity index (χ0n) is 12.4. The molecular formula is C16H23F2NO. The van der Waals surface area contributed by atoms with Gasteiger partial charge < -0.3 is 10.1 Å². The molecule has 4 heteroatoms. The minimum Gasteiger partial charge on any atom is -0.486 e. The summed E-state index contributed by atoms with van der Waals surface area (Å²) in [5.74, 6) is -1.75. The SMILES string of the molecule is CCCNC1C(Oc2cccc(F)c2F)CCC1(C)C. The Balaban J connectivity index is 2.13. The van der Waals surface area contributed by atoms with Crippen LogP contribution in [0.2, 0.25) is 0 Å². The highest BCUT2D eigenvalue weighted by Gasteiger charge is 2.43. The minimum atomic E-state index is -0.897. The van der Waals surface area contributed by atoms with Gasteiger partial charge in [0.25, 0.3) is 0 Å². The highest BCUT2D eigenvalue weighted by atomic mass is 19.2. The van der Waals surface area contributed by atoms with Crippen molar-refractivity contribution in [1.82, 2.24) is 5.32 Å². The first kappa shape index (κ1) is 15.2. The van der Waals surface area contributed by atoms with E-state index in [1.54, 1.807) is 0 Å². The van der Waals surface area contributed by atoms with Crippen LogP contribution in [0.1, 0.15) is 40.0 Å². The van der Waals surface area contributed by atoms with E-state index in [9.17, 15) is 8.78 Å². The maximum Gasteiger partial charge on any atom is 0.200 e. The molecule has 0 aliphatic heterocycles. The molecule has 1 fully saturated rings. The highest BCUT2D eigenvalue weighted by Crippen LogP contribution is 2.39. The molecule has 20 heavy (non-hydrogen) atoms. The van der Waals surface area contributed by atoms with Crippen LogP contribution in [0.3, 0.4) is 0 Å². The molecule has 0 radical (unpaired) electrons. The fourth-order valence-electron chi connectivity index (χ4n) is 2.91. The van der Waals surface area contributed by atoms with Gasteiger partial charge in [0.2, 0.25) is 5.82 Å². The molecule has 1 aromatic carbocycles. The molecule has 2 unspecified atom stereocenters. The summed E-state index contributed by atoms with van der Waals surface area (Å²) < 4.78 is 32.7. The predicted molar refractivity (Wildman–Crippen MR) is 75.9 cm³/mol. The summed E-state index contributed by atoms with van der Waals surface area (Å²) in [7, 11) is 0. The Bertz CT molecular complexity index is 462. The topological polar surface area (TPSA) is 21.3 Å². The van der Waals surface area contributed by atoms with Gasteiger partial charge in [-0.25, -0.2) is 4.39 Å². The van der Waals surface area contributed by atoms with E-state index in [1.165, 1.54) is 12.1 Å². The van der Waals surface area contributed by atoms with E-state index in [-0.39, 0.29) is 23.3 Å². The molecule has 2 atom stereocenters. The minimum absolute atomic E-state index is 0.0102. The van der Waals surface area contributed by atoms with Crippen molar-refractivity contribution in [3.63, 3.8) is 0 Å². The lowest BCUT2D eigenvalue weighted by atomic mass is 9.87. The van der Waals surface area contributed by atoms with Crippen LogP contribution in [0.25, 0.3) is 0 Å². The second-order valence-electron chi connectivity index (χ2n) is 6.17. The molecule has 0 saturated heterocycles.